The van der Waals surface area contributed by atoms with Gasteiger partial charge in [-0.25, -0.2) is 0 Å². The van der Waals surface area contributed by atoms with Crippen LogP contribution in [0, 0.1) is 0 Å². The van der Waals surface area contributed by atoms with Crippen molar-refractivity contribution in [2.75, 3.05) is 0 Å². The highest BCUT2D eigenvalue weighted by atomic mass is 16.3. The Morgan fingerprint density at radius 2 is 1.81 bits per heavy atom. The van der Waals surface area contributed by atoms with Gasteiger partial charge in [-0.15, -0.1) is 0 Å². The largest absolute Gasteiger partial charge is 0.508 e. The number of benzene rings is 1. The van der Waals surface area contributed by atoms with Gasteiger partial charge in [0, 0.05) is 18.0 Å². The predicted molar refractivity (Wildman–Crippen MR) is 63.8 cm³/mol. The molecule has 1 N–H and O–H groups in total. The van der Waals surface area contributed by atoms with Crippen LogP contribution in [-0.2, 0) is 0 Å². The molecular weight excluding hydrogens is 202 g/mol. The zero-order valence-electron chi connectivity index (χ0n) is 8.63. The third-order valence-electron chi connectivity index (χ3n) is 2.30. The Morgan fingerprint density at radius 3 is 2.44 bits per heavy atom. The van der Waals surface area contributed by atoms with Crippen molar-refractivity contribution in [2.45, 2.75) is 0 Å². The molecule has 0 aliphatic heterocycles. The summed E-state index contributed by atoms with van der Waals surface area (Å²) in [4.78, 5) is 11.6. The number of aromatic hydroxyl groups is 1. The van der Waals surface area contributed by atoms with Crippen LogP contribution >= 0.6 is 0 Å². The summed E-state index contributed by atoms with van der Waals surface area (Å²) in [6, 6.07) is 9.66. The van der Waals surface area contributed by atoms with Crippen LogP contribution in [0.15, 0.2) is 54.0 Å². The normalized spacial score (nSPS) is 10.0. The molecule has 2 rings (SSSR count). The highest BCUT2D eigenvalue weighted by Gasteiger charge is 1.99. The van der Waals surface area contributed by atoms with Gasteiger partial charge in [-0.1, -0.05) is 12.7 Å². The molecule has 0 aliphatic rings. The van der Waals surface area contributed by atoms with Crippen molar-refractivity contribution in [1.82, 2.24) is 4.57 Å². The van der Waals surface area contributed by atoms with E-state index < -0.39 is 0 Å². The van der Waals surface area contributed by atoms with Gasteiger partial charge in [0.25, 0.3) is 5.56 Å². The summed E-state index contributed by atoms with van der Waals surface area (Å²) in [5, 5.41) is 9.17. The van der Waals surface area contributed by atoms with Crippen LogP contribution in [0.1, 0.15) is 5.56 Å². The number of pyridine rings is 1. The van der Waals surface area contributed by atoms with E-state index >= 15 is 0 Å². The molecule has 0 aliphatic carbocycles. The quantitative estimate of drug-likeness (QED) is 0.830. The summed E-state index contributed by atoms with van der Waals surface area (Å²) >= 11 is 0. The molecule has 0 saturated heterocycles. The van der Waals surface area contributed by atoms with Crippen molar-refractivity contribution in [3.8, 4) is 11.4 Å². The van der Waals surface area contributed by atoms with Gasteiger partial charge in [-0.05, 0) is 35.9 Å². The first kappa shape index (κ1) is 10.2. The minimum atomic E-state index is -0.115. The van der Waals surface area contributed by atoms with Gasteiger partial charge in [0.15, 0.2) is 0 Å². The number of phenols is 1. The van der Waals surface area contributed by atoms with Crippen molar-refractivity contribution in [1.29, 1.82) is 0 Å². The third-order valence-corrected chi connectivity index (χ3v) is 2.30. The van der Waals surface area contributed by atoms with Gasteiger partial charge >= 0.3 is 0 Å². The molecule has 2 aromatic rings. The molecule has 0 spiro atoms. The summed E-state index contributed by atoms with van der Waals surface area (Å²) < 4.78 is 1.51. The minimum absolute atomic E-state index is 0.115. The number of hydrogen-bond acceptors (Lipinski definition) is 2. The maximum Gasteiger partial charge on any atom is 0.255 e. The highest BCUT2D eigenvalue weighted by molar-refractivity contribution is 5.47. The van der Waals surface area contributed by atoms with Crippen molar-refractivity contribution in [3.05, 3.63) is 65.1 Å². The molecule has 1 aromatic heterocycles. The fourth-order valence-electron chi connectivity index (χ4n) is 1.44. The number of hydrogen-bond donors (Lipinski definition) is 1. The molecular formula is C13H11NO2. The van der Waals surface area contributed by atoms with Crippen molar-refractivity contribution in [3.63, 3.8) is 0 Å². The molecule has 3 nitrogen and oxygen atoms in total. The van der Waals surface area contributed by atoms with Crippen molar-refractivity contribution >= 4 is 6.08 Å². The maximum atomic E-state index is 11.6. The average molecular weight is 213 g/mol. The second-order valence-electron chi connectivity index (χ2n) is 3.39. The van der Waals surface area contributed by atoms with Crippen LogP contribution in [0.25, 0.3) is 11.8 Å². The molecule has 0 saturated carbocycles. The second-order valence-corrected chi connectivity index (χ2v) is 3.39. The van der Waals surface area contributed by atoms with E-state index in [1.165, 1.54) is 10.6 Å². The fraction of sp³-hybridized carbons (Fsp3) is 0. The smallest absolute Gasteiger partial charge is 0.255 e. The third kappa shape index (κ3) is 1.88. The van der Waals surface area contributed by atoms with Crippen LogP contribution < -0.4 is 5.56 Å². The summed E-state index contributed by atoms with van der Waals surface area (Å²) in [6.07, 6.45) is 3.39. The lowest BCUT2D eigenvalue weighted by Crippen LogP contribution is -2.16. The summed E-state index contributed by atoms with van der Waals surface area (Å²) in [7, 11) is 0. The van der Waals surface area contributed by atoms with E-state index in [1.807, 2.05) is 0 Å². The highest BCUT2D eigenvalue weighted by Crippen LogP contribution is 2.12. The summed E-state index contributed by atoms with van der Waals surface area (Å²) in [5.41, 5.74) is 1.47. The lowest BCUT2D eigenvalue weighted by molar-refractivity contribution is 0.475. The molecule has 3 heteroatoms. The lowest BCUT2D eigenvalue weighted by atomic mass is 10.2. The molecule has 80 valence electrons. The van der Waals surface area contributed by atoms with Gasteiger partial charge in [0.1, 0.15) is 5.75 Å². The van der Waals surface area contributed by atoms with Crippen LogP contribution in [0.3, 0.4) is 0 Å². The Kier molecular flexibility index (Phi) is 2.60. The monoisotopic (exact) mass is 213 g/mol. The van der Waals surface area contributed by atoms with Gasteiger partial charge in [-0.3, -0.25) is 9.36 Å². The molecule has 0 unspecified atom stereocenters. The first-order valence-electron chi connectivity index (χ1n) is 4.85. The zero-order valence-corrected chi connectivity index (χ0v) is 8.63. The van der Waals surface area contributed by atoms with E-state index in [0.29, 0.717) is 5.69 Å². The number of nitrogens with zero attached hydrogens (tertiary/aromatic N) is 1. The number of rotatable bonds is 2. The zero-order chi connectivity index (χ0) is 11.5. The number of aromatic nitrogens is 1. The van der Waals surface area contributed by atoms with Crippen molar-refractivity contribution in [2.24, 2.45) is 0 Å². The van der Waals surface area contributed by atoms with E-state index in [0.717, 1.165) is 5.56 Å². The molecule has 0 bridgehead atoms. The van der Waals surface area contributed by atoms with Gasteiger partial charge in [0.2, 0.25) is 0 Å². The van der Waals surface area contributed by atoms with Crippen molar-refractivity contribution < 1.29 is 5.11 Å². The average Bonchev–Trinajstić information content (AvgIpc) is 2.31. The topological polar surface area (TPSA) is 42.2 Å². The molecule has 16 heavy (non-hydrogen) atoms. The van der Waals surface area contributed by atoms with Gasteiger partial charge in [-0.2, -0.15) is 0 Å². The van der Waals surface area contributed by atoms with E-state index in [-0.39, 0.29) is 11.3 Å². The molecule has 1 aromatic carbocycles. The van der Waals surface area contributed by atoms with Crippen LogP contribution in [0.2, 0.25) is 0 Å². The summed E-state index contributed by atoms with van der Waals surface area (Å²) in [5.74, 6) is 0.177. The molecule has 0 radical (unpaired) electrons. The second kappa shape index (κ2) is 4.06. The standard InChI is InChI=1S/C13H11NO2/c1-2-10-3-8-13(16)14(9-10)11-4-6-12(15)7-5-11/h2-9,15H,1H2. The Hall–Kier alpha value is -2.29. The Morgan fingerprint density at radius 1 is 1.12 bits per heavy atom. The minimum Gasteiger partial charge on any atom is -0.508 e. The fourth-order valence-corrected chi connectivity index (χ4v) is 1.44. The molecule has 0 atom stereocenters. The molecule has 0 fully saturated rings. The first-order valence-corrected chi connectivity index (χ1v) is 4.85. The molecule has 0 amide bonds. The van der Waals surface area contributed by atoms with E-state index in [4.69, 9.17) is 0 Å². The predicted octanol–water partition coefficient (Wildman–Crippen LogP) is 2.19. The van der Waals surface area contributed by atoms with E-state index in [9.17, 15) is 9.90 Å². The Bertz CT molecular complexity index is 567. The molecule has 1 heterocycles. The van der Waals surface area contributed by atoms with E-state index in [1.54, 1.807) is 42.6 Å². The SMILES string of the molecule is C=Cc1ccc(=O)n(-c2ccc(O)cc2)c1. The van der Waals surface area contributed by atoms with Crippen LogP contribution in [0.4, 0.5) is 0 Å². The number of phenolic OH excluding ortho intramolecular Hbond substituents is 1. The van der Waals surface area contributed by atoms with Gasteiger partial charge in [0.05, 0.1) is 0 Å². The van der Waals surface area contributed by atoms with Gasteiger partial charge < -0.3 is 5.11 Å². The summed E-state index contributed by atoms with van der Waals surface area (Å²) in [6.45, 7) is 3.65. The van der Waals surface area contributed by atoms with Crippen LogP contribution in [0.5, 0.6) is 5.75 Å². The lowest BCUT2D eigenvalue weighted by Gasteiger charge is -2.06. The Balaban J connectivity index is 2.58. The first-order chi connectivity index (χ1) is 7.70. The van der Waals surface area contributed by atoms with Crippen LogP contribution in [-0.4, -0.2) is 9.67 Å². The Labute approximate surface area is 92.9 Å². The maximum absolute atomic E-state index is 11.6. The van der Waals surface area contributed by atoms with E-state index in [2.05, 4.69) is 6.58 Å².